The van der Waals surface area contributed by atoms with Gasteiger partial charge in [0.1, 0.15) is 17.3 Å². The highest BCUT2D eigenvalue weighted by molar-refractivity contribution is 6.06. The summed E-state index contributed by atoms with van der Waals surface area (Å²) in [5.41, 5.74) is 2.09. The van der Waals surface area contributed by atoms with Crippen molar-refractivity contribution in [2.24, 2.45) is 0 Å². The molecular weight excluding hydrogens is 497 g/mol. The normalized spacial score (nSPS) is 13.1. The zero-order valence-corrected chi connectivity index (χ0v) is 20.3. The number of halogens is 3. The third-order valence-electron chi connectivity index (χ3n) is 6.39. The molecule has 1 aromatic heterocycles. The van der Waals surface area contributed by atoms with Crippen molar-refractivity contribution in [1.82, 2.24) is 4.90 Å². The molecule has 0 bridgehead atoms. The summed E-state index contributed by atoms with van der Waals surface area (Å²) in [6, 6.07) is 20.2. The second-order valence-corrected chi connectivity index (χ2v) is 8.84. The number of benzene rings is 3. The fourth-order valence-electron chi connectivity index (χ4n) is 4.38. The number of furan rings is 1. The third-order valence-corrected chi connectivity index (χ3v) is 6.39. The van der Waals surface area contributed by atoms with E-state index in [4.69, 9.17) is 9.15 Å². The molecule has 6 nitrogen and oxygen atoms in total. The summed E-state index contributed by atoms with van der Waals surface area (Å²) >= 11 is 0. The lowest BCUT2D eigenvalue weighted by Crippen LogP contribution is -2.35. The van der Waals surface area contributed by atoms with Gasteiger partial charge in [-0.2, -0.15) is 13.2 Å². The predicted octanol–water partition coefficient (Wildman–Crippen LogP) is 6.42. The quantitative estimate of drug-likeness (QED) is 0.330. The number of amides is 2. The molecular formula is C29H23F3N2O4. The molecule has 2 heterocycles. The number of nitrogens with one attached hydrogen (secondary N) is 1. The van der Waals surface area contributed by atoms with E-state index in [-0.39, 0.29) is 17.4 Å². The SMILES string of the molecule is COc1ccccc1C(=O)Nc1ccc(-c2cc3c(o2)CCN(C(=O)c2ccc(C(F)(F)F)cc2)C3)cc1. The van der Waals surface area contributed by atoms with E-state index in [1.165, 1.54) is 19.2 Å². The zero-order valence-electron chi connectivity index (χ0n) is 20.3. The Morgan fingerprint density at radius 2 is 1.68 bits per heavy atom. The lowest BCUT2D eigenvalue weighted by atomic mass is 10.1. The number of alkyl halides is 3. The largest absolute Gasteiger partial charge is 0.496 e. The fraction of sp³-hybridized carbons (Fsp3) is 0.172. The van der Waals surface area contributed by atoms with E-state index in [0.29, 0.717) is 42.3 Å². The van der Waals surface area contributed by atoms with Gasteiger partial charge in [-0.25, -0.2) is 0 Å². The van der Waals surface area contributed by atoms with Crippen molar-refractivity contribution >= 4 is 17.5 Å². The molecule has 3 aromatic carbocycles. The first kappa shape index (κ1) is 25.1. The van der Waals surface area contributed by atoms with Crippen LogP contribution in [0.1, 0.15) is 37.6 Å². The van der Waals surface area contributed by atoms with Crippen LogP contribution in [0, 0.1) is 0 Å². The van der Waals surface area contributed by atoms with Crippen molar-refractivity contribution in [2.75, 3.05) is 19.0 Å². The van der Waals surface area contributed by atoms with Crippen LogP contribution < -0.4 is 10.1 Å². The van der Waals surface area contributed by atoms with Crippen LogP contribution in [0.3, 0.4) is 0 Å². The summed E-state index contributed by atoms with van der Waals surface area (Å²) in [4.78, 5) is 27.1. The first-order valence-electron chi connectivity index (χ1n) is 11.9. The maximum atomic E-state index is 12.9. The van der Waals surface area contributed by atoms with Crippen molar-refractivity contribution in [3.8, 4) is 17.1 Å². The molecule has 4 aromatic rings. The van der Waals surface area contributed by atoms with Crippen LogP contribution in [0.2, 0.25) is 0 Å². The number of methoxy groups -OCH3 is 1. The van der Waals surface area contributed by atoms with Crippen molar-refractivity contribution in [3.63, 3.8) is 0 Å². The number of hydrogen-bond donors (Lipinski definition) is 1. The van der Waals surface area contributed by atoms with Crippen molar-refractivity contribution in [3.05, 3.63) is 107 Å². The average Bonchev–Trinajstić information content (AvgIpc) is 3.36. The topological polar surface area (TPSA) is 71.8 Å². The Balaban J connectivity index is 1.26. The van der Waals surface area contributed by atoms with E-state index >= 15 is 0 Å². The molecule has 0 unspecified atom stereocenters. The van der Waals surface area contributed by atoms with Crippen LogP contribution in [0.5, 0.6) is 5.75 Å². The molecule has 0 spiro atoms. The van der Waals surface area contributed by atoms with Gasteiger partial charge >= 0.3 is 6.18 Å². The minimum absolute atomic E-state index is 0.205. The smallest absolute Gasteiger partial charge is 0.416 e. The molecule has 2 amide bonds. The minimum Gasteiger partial charge on any atom is -0.496 e. The number of ether oxygens (including phenoxy) is 1. The van der Waals surface area contributed by atoms with E-state index in [0.717, 1.165) is 29.0 Å². The summed E-state index contributed by atoms with van der Waals surface area (Å²) in [6.07, 6.45) is -3.96. The molecule has 0 atom stereocenters. The first-order valence-corrected chi connectivity index (χ1v) is 11.9. The lowest BCUT2D eigenvalue weighted by molar-refractivity contribution is -0.137. The molecule has 1 aliphatic rings. The number of anilines is 1. The molecule has 1 aliphatic heterocycles. The summed E-state index contributed by atoms with van der Waals surface area (Å²) in [5.74, 6) is 1.25. The van der Waals surface area contributed by atoms with E-state index in [2.05, 4.69) is 5.32 Å². The highest BCUT2D eigenvalue weighted by atomic mass is 19.4. The van der Waals surface area contributed by atoms with Gasteiger partial charge in [0.05, 0.1) is 18.2 Å². The molecule has 0 fully saturated rings. The lowest BCUT2D eigenvalue weighted by Gasteiger charge is -2.26. The highest BCUT2D eigenvalue weighted by Gasteiger charge is 2.31. The van der Waals surface area contributed by atoms with Gasteiger partial charge in [0, 0.05) is 41.9 Å². The van der Waals surface area contributed by atoms with Crippen LogP contribution >= 0.6 is 0 Å². The number of para-hydroxylation sites is 1. The molecule has 9 heteroatoms. The van der Waals surface area contributed by atoms with Crippen molar-refractivity contribution in [2.45, 2.75) is 19.1 Å². The van der Waals surface area contributed by atoms with Crippen LogP contribution in [0.4, 0.5) is 18.9 Å². The van der Waals surface area contributed by atoms with Crippen LogP contribution in [-0.2, 0) is 19.1 Å². The second kappa shape index (κ2) is 10.1. The number of carbonyl (C=O) groups is 2. The van der Waals surface area contributed by atoms with Gasteiger partial charge in [0.25, 0.3) is 11.8 Å². The molecule has 194 valence electrons. The molecule has 5 rings (SSSR count). The Morgan fingerprint density at radius 3 is 2.37 bits per heavy atom. The van der Waals surface area contributed by atoms with Gasteiger partial charge in [-0.3, -0.25) is 9.59 Å². The van der Waals surface area contributed by atoms with E-state index < -0.39 is 11.7 Å². The molecule has 0 aliphatic carbocycles. The van der Waals surface area contributed by atoms with Gasteiger partial charge in [-0.15, -0.1) is 0 Å². The van der Waals surface area contributed by atoms with Crippen LogP contribution in [0.15, 0.2) is 83.3 Å². The summed E-state index contributed by atoms with van der Waals surface area (Å²) in [7, 11) is 1.51. The van der Waals surface area contributed by atoms with Crippen molar-refractivity contribution < 1.29 is 31.9 Å². The predicted molar refractivity (Wildman–Crippen MR) is 135 cm³/mol. The van der Waals surface area contributed by atoms with Gasteiger partial charge < -0.3 is 19.4 Å². The number of carbonyl (C=O) groups excluding carboxylic acids is 2. The second-order valence-electron chi connectivity index (χ2n) is 8.84. The van der Waals surface area contributed by atoms with Crippen molar-refractivity contribution in [1.29, 1.82) is 0 Å². The van der Waals surface area contributed by atoms with Gasteiger partial charge in [-0.05, 0) is 66.7 Å². The molecule has 0 saturated carbocycles. The Morgan fingerprint density at radius 1 is 0.974 bits per heavy atom. The molecule has 0 saturated heterocycles. The summed E-state index contributed by atoms with van der Waals surface area (Å²) in [5, 5.41) is 2.85. The van der Waals surface area contributed by atoms with Gasteiger partial charge in [-0.1, -0.05) is 12.1 Å². The molecule has 0 radical (unpaired) electrons. The maximum Gasteiger partial charge on any atom is 0.416 e. The minimum atomic E-state index is -4.45. The van der Waals surface area contributed by atoms with Gasteiger partial charge in [0.15, 0.2) is 0 Å². The standard InChI is InChI=1S/C29H23F3N2O4/c1-37-25-5-3-2-4-23(25)27(35)33-22-12-8-18(9-13-22)26-16-20-17-34(15-14-24(20)38-26)28(36)19-6-10-21(11-7-19)29(30,31)32/h2-13,16H,14-15,17H2,1H3,(H,33,35). The number of nitrogens with zero attached hydrogens (tertiary/aromatic N) is 1. The van der Waals surface area contributed by atoms with Gasteiger partial charge in [0.2, 0.25) is 0 Å². The number of fused-ring (bicyclic) bond motifs is 1. The highest BCUT2D eigenvalue weighted by Crippen LogP contribution is 2.32. The number of rotatable bonds is 5. The van der Waals surface area contributed by atoms with E-state index in [9.17, 15) is 22.8 Å². The number of hydrogen-bond acceptors (Lipinski definition) is 4. The molecule has 38 heavy (non-hydrogen) atoms. The Labute approximate surface area is 216 Å². The Hall–Kier alpha value is -4.53. The Bertz CT molecular complexity index is 1480. The van der Waals surface area contributed by atoms with E-state index in [1.807, 2.05) is 18.2 Å². The molecule has 1 N–H and O–H groups in total. The van der Waals surface area contributed by atoms with Crippen LogP contribution in [0.25, 0.3) is 11.3 Å². The average molecular weight is 521 g/mol. The summed E-state index contributed by atoms with van der Waals surface area (Å²) < 4.78 is 49.8. The van der Waals surface area contributed by atoms with Crippen LogP contribution in [-0.4, -0.2) is 30.4 Å². The van der Waals surface area contributed by atoms with E-state index in [1.54, 1.807) is 41.3 Å². The fourth-order valence-corrected chi connectivity index (χ4v) is 4.38. The summed E-state index contributed by atoms with van der Waals surface area (Å²) in [6.45, 7) is 0.694. The Kier molecular flexibility index (Phi) is 6.67. The first-order chi connectivity index (χ1) is 18.2. The third kappa shape index (κ3) is 5.13. The maximum absolute atomic E-state index is 12.9. The monoisotopic (exact) mass is 520 g/mol. The zero-order chi connectivity index (χ0) is 26.9.